The van der Waals surface area contributed by atoms with E-state index in [-0.39, 0.29) is 5.56 Å². The highest BCUT2D eigenvalue weighted by atomic mass is 16.1. The maximum atomic E-state index is 11.9. The van der Waals surface area contributed by atoms with Crippen molar-refractivity contribution in [3.05, 3.63) is 21.6 Å². The van der Waals surface area contributed by atoms with Gasteiger partial charge in [-0.2, -0.15) is 0 Å². The Morgan fingerprint density at radius 3 is 2.69 bits per heavy atom. The normalized spacial score (nSPS) is 17.9. The van der Waals surface area contributed by atoms with E-state index in [1.165, 1.54) is 37.8 Å². The molecule has 0 aromatic carbocycles. The molecule has 1 aliphatic carbocycles. The molecule has 1 aromatic heterocycles. The summed E-state index contributed by atoms with van der Waals surface area (Å²) in [6, 6.07) is 0. The first-order valence-electron chi connectivity index (χ1n) is 6.16. The Morgan fingerprint density at radius 2 is 2.06 bits per heavy atom. The zero-order chi connectivity index (χ0) is 11.5. The minimum Gasteiger partial charge on any atom is -0.315 e. The van der Waals surface area contributed by atoms with Crippen LogP contribution in [0.2, 0.25) is 0 Å². The van der Waals surface area contributed by atoms with E-state index >= 15 is 0 Å². The first-order valence-corrected chi connectivity index (χ1v) is 6.16. The lowest BCUT2D eigenvalue weighted by Crippen LogP contribution is -2.20. The topological polar surface area (TPSA) is 49.8 Å². The van der Waals surface area contributed by atoms with E-state index in [0.29, 0.717) is 12.5 Å². The highest BCUT2D eigenvalue weighted by molar-refractivity contribution is 5.21. The number of aryl methyl sites for hydroxylation is 1. The Kier molecular flexibility index (Phi) is 3.49. The molecule has 1 heterocycles. The van der Waals surface area contributed by atoms with Crippen molar-refractivity contribution in [3.8, 4) is 0 Å². The molecule has 0 amide bonds. The predicted molar refractivity (Wildman–Crippen MR) is 64.6 cm³/mol. The summed E-state index contributed by atoms with van der Waals surface area (Å²) in [6.07, 6.45) is 6.36. The summed E-state index contributed by atoms with van der Waals surface area (Å²) in [5.74, 6) is 0.561. The second kappa shape index (κ2) is 4.87. The fourth-order valence-corrected chi connectivity index (χ4v) is 2.69. The van der Waals surface area contributed by atoms with E-state index in [9.17, 15) is 4.79 Å². The van der Waals surface area contributed by atoms with Gasteiger partial charge in [-0.15, -0.1) is 0 Å². The summed E-state index contributed by atoms with van der Waals surface area (Å²) in [7, 11) is 3.69. The van der Waals surface area contributed by atoms with Crippen LogP contribution in [-0.2, 0) is 13.6 Å². The Balaban J connectivity index is 2.31. The van der Waals surface area contributed by atoms with Gasteiger partial charge < -0.3 is 5.32 Å². The molecule has 0 bridgehead atoms. The van der Waals surface area contributed by atoms with Gasteiger partial charge in [0.15, 0.2) is 0 Å². The molecule has 4 heteroatoms. The van der Waals surface area contributed by atoms with Gasteiger partial charge >= 0.3 is 0 Å². The van der Waals surface area contributed by atoms with Gasteiger partial charge in [-0.05, 0) is 19.9 Å². The molecule has 0 unspecified atom stereocenters. The van der Waals surface area contributed by atoms with Gasteiger partial charge in [-0.3, -0.25) is 14.6 Å². The number of aromatic nitrogens is 2. The number of nitrogens with one attached hydrogen (secondary N) is 2. The first kappa shape index (κ1) is 11.5. The Morgan fingerprint density at radius 1 is 1.38 bits per heavy atom. The summed E-state index contributed by atoms with van der Waals surface area (Å²) >= 11 is 0. The van der Waals surface area contributed by atoms with E-state index < -0.39 is 0 Å². The lowest BCUT2D eigenvalue weighted by atomic mass is 9.85. The van der Waals surface area contributed by atoms with E-state index in [4.69, 9.17) is 0 Å². The van der Waals surface area contributed by atoms with Gasteiger partial charge in [-0.25, -0.2) is 0 Å². The van der Waals surface area contributed by atoms with Crippen LogP contribution in [0, 0.1) is 0 Å². The minimum absolute atomic E-state index is 0.120. The maximum Gasteiger partial charge on any atom is 0.270 e. The van der Waals surface area contributed by atoms with Crippen LogP contribution in [0.25, 0.3) is 0 Å². The third kappa shape index (κ3) is 2.07. The van der Waals surface area contributed by atoms with E-state index in [2.05, 4.69) is 10.4 Å². The molecule has 4 nitrogen and oxygen atoms in total. The fourth-order valence-electron chi connectivity index (χ4n) is 2.69. The maximum absolute atomic E-state index is 11.9. The van der Waals surface area contributed by atoms with Crippen molar-refractivity contribution in [2.45, 2.75) is 44.6 Å². The molecular weight excluding hydrogens is 202 g/mol. The van der Waals surface area contributed by atoms with Gasteiger partial charge in [0.25, 0.3) is 5.56 Å². The van der Waals surface area contributed by atoms with Gasteiger partial charge in [0.05, 0.1) is 5.56 Å². The molecule has 1 saturated carbocycles. The standard InChI is InChI=1S/C12H21N3O/c1-13-8-10-11(14-15(2)12(10)16)9-6-4-3-5-7-9/h9,13-14H,3-8H2,1-2H3. The summed E-state index contributed by atoms with van der Waals surface area (Å²) in [5.41, 5.74) is 2.22. The van der Waals surface area contributed by atoms with Crippen LogP contribution in [0.3, 0.4) is 0 Å². The summed E-state index contributed by atoms with van der Waals surface area (Å²) in [4.78, 5) is 11.9. The molecule has 1 aromatic rings. The molecular formula is C12H21N3O. The highest BCUT2D eigenvalue weighted by Gasteiger charge is 2.22. The average Bonchev–Trinajstić information content (AvgIpc) is 2.59. The van der Waals surface area contributed by atoms with Crippen LogP contribution in [0.4, 0.5) is 0 Å². The third-order valence-corrected chi connectivity index (χ3v) is 3.54. The average molecular weight is 223 g/mol. The van der Waals surface area contributed by atoms with Crippen LogP contribution < -0.4 is 10.9 Å². The molecule has 0 atom stereocenters. The van der Waals surface area contributed by atoms with Crippen molar-refractivity contribution in [2.75, 3.05) is 7.05 Å². The number of hydrogen-bond donors (Lipinski definition) is 2. The Bertz CT molecular complexity index is 399. The fraction of sp³-hybridized carbons (Fsp3) is 0.750. The molecule has 0 spiro atoms. The zero-order valence-corrected chi connectivity index (χ0v) is 10.2. The van der Waals surface area contributed by atoms with E-state index in [1.807, 2.05) is 7.05 Å². The van der Waals surface area contributed by atoms with Crippen molar-refractivity contribution in [3.63, 3.8) is 0 Å². The van der Waals surface area contributed by atoms with Gasteiger partial charge in [0.2, 0.25) is 0 Å². The van der Waals surface area contributed by atoms with Crippen LogP contribution in [0.5, 0.6) is 0 Å². The Labute approximate surface area is 96.0 Å². The molecule has 1 fully saturated rings. The van der Waals surface area contributed by atoms with Crippen molar-refractivity contribution >= 4 is 0 Å². The molecule has 2 N–H and O–H groups in total. The molecule has 0 aliphatic heterocycles. The number of aromatic amines is 1. The quantitative estimate of drug-likeness (QED) is 0.815. The van der Waals surface area contributed by atoms with Crippen molar-refractivity contribution < 1.29 is 0 Å². The van der Waals surface area contributed by atoms with E-state index in [1.54, 1.807) is 11.7 Å². The molecule has 0 saturated heterocycles. The Hall–Kier alpha value is -1.03. The van der Waals surface area contributed by atoms with E-state index in [0.717, 1.165) is 5.56 Å². The molecule has 2 rings (SSSR count). The summed E-state index contributed by atoms with van der Waals surface area (Å²) < 4.78 is 1.61. The second-order valence-corrected chi connectivity index (χ2v) is 4.73. The molecule has 16 heavy (non-hydrogen) atoms. The lowest BCUT2D eigenvalue weighted by molar-refractivity contribution is 0.431. The van der Waals surface area contributed by atoms with Gasteiger partial charge in [-0.1, -0.05) is 19.3 Å². The van der Waals surface area contributed by atoms with Gasteiger partial charge in [0, 0.05) is 25.2 Å². The molecule has 1 aliphatic rings. The van der Waals surface area contributed by atoms with Crippen LogP contribution in [0.15, 0.2) is 4.79 Å². The SMILES string of the molecule is CNCc1c(C2CCCCC2)[nH]n(C)c1=O. The smallest absolute Gasteiger partial charge is 0.270 e. The molecule has 0 radical (unpaired) electrons. The number of H-pyrrole nitrogens is 1. The predicted octanol–water partition coefficient (Wildman–Crippen LogP) is 1.48. The third-order valence-electron chi connectivity index (χ3n) is 3.54. The first-order chi connectivity index (χ1) is 7.74. The highest BCUT2D eigenvalue weighted by Crippen LogP contribution is 2.32. The lowest BCUT2D eigenvalue weighted by Gasteiger charge is -2.21. The van der Waals surface area contributed by atoms with Crippen LogP contribution >= 0.6 is 0 Å². The largest absolute Gasteiger partial charge is 0.315 e. The second-order valence-electron chi connectivity index (χ2n) is 4.73. The van der Waals surface area contributed by atoms with Crippen LogP contribution in [-0.4, -0.2) is 16.8 Å². The monoisotopic (exact) mass is 223 g/mol. The van der Waals surface area contributed by atoms with Crippen molar-refractivity contribution in [2.24, 2.45) is 7.05 Å². The van der Waals surface area contributed by atoms with Crippen molar-refractivity contribution in [1.82, 2.24) is 15.1 Å². The number of nitrogens with zero attached hydrogens (tertiary/aromatic N) is 1. The summed E-state index contributed by atoms with van der Waals surface area (Å²) in [6.45, 7) is 0.669. The minimum atomic E-state index is 0.120. The zero-order valence-electron chi connectivity index (χ0n) is 10.2. The molecule has 90 valence electrons. The summed E-state index contributed by atoms with van der Waals surface area (Å²) in [5, 5.41) is 6.32. The van der Waals surface area contributed by atoms with Crippen LogP contribution in [0.1, 0.15) is 49.3 Å². The van der Waals surface area contributed by atoms with Crippen molar-refractivity contribution in [1.29, 1.82) is 0 Å². The number of rotatable bonds is 3. The van der Waals surface area contributed by atoms with Gasteiger partial charge in [0.1, 0.15) is 0 Å². The number of hydrogen-bond acceptors (Lipinski definition) is 2.